The highest BCUT2D eigenvalue weighted by Crippen LogP contribution is 2.42. The predicted molar refractivity (Wildman–Crippen MR) is 88.6 cm³/mol. The fourth-order valence-corrected chi connectivity index (χ4v) is 2.54. The molecule has 1 aliphatic carbocycles. The maximum absolute atomic E-state index is 12.5. The Morgan fingerprint density at radius 3 is 2.61 bits per heavy atom. The van der Waals surface area contributed by atoms with Gasteiger partial charge in [-0.2, -0.15) is 5.10 Å². The molecule has 0 unspecified atom stereocenters. The molecule has 2 N–H and O–H groups in total. The third-order valence-electron chi connectivity index (χ3n) is 3.88. The minimum Gasteiger partial charge on any atom is -0.326 e. The van der Waals surface area contributed by atoms with Gasteiger partial charge in [-0.25, -0.2) is 0 Å². The van der Waals surface area contributed by atoms with Gasteiger partial charge < -0.3 is 10.6 Å². The molecular weight excluding hydrogens is 292 g/mol. The number of hydrogen-bond acceptors (Lipinski definition) is 3. The summed E-state index contributed by atoms with van der Waals surface area (Å²) in [5.74, 6) is 0.0971. The number of aromatic nitrogens is 2. The van der Waals surface area contributed by atoms with Crippen molar-refractivity contribution in [1.29, 1.82) is 0 Å². The maximum atomic E-state index is 12.5. The molecule has 6 heteroatoms. The first kappa shape index (κ1) is 15.3. The Morgan fingerprint density at radius 1 is 1.22 bits per heavy atom. The molecule has 3 rings (SSSR count). The summed E-state index contributed by atoms with van der Waals surface area (Å²) in [7, 11) is 1.85. The first-order valence-corrected chi connectivity index (χ1v) is 7.67. The van der Waals surface area contributed by atoms with Crippen LogP contribution >= 0.6 is 0 Å². The van der Waals surface area contributed by atoms with Gasteiger partial charge in [0.1, 0.15) is 0 Å². The molecule has 0 atom stereocenters. The van der Waals surface area contributed by atoms with E-state index in [1.54, 1.807) is 16.8 Å². The van der Waals surface area contributed by atoms with Crippen molar-refractivity contribution < 1.29 is 9.59 Å². The minimum atomic E-state index is -0.202. The van der Waals surface area contributed by atoms with Crippen molar-refractivity contribution in [3.05, 3.63) is 41.2 Å². The molecule has 1 aromatic heterocycles. The number of aryl methyl sites for hydroxylation is 2. The Hall–Kier alpha value is -2.63. The SMILES string of the molecule is CC(=O)Nc1cc(C(=O)Nc2cn(C)nc2C2CC2)ccc1C. The van der Waals surface area contributed by atoms with Crippen molar-refractivity contribution in [3.63, 3.8) is 0 Å². The van der Waals surface area contributed by atoms with Crippen LogP contribution in [0.25, 0.3) is 0 Å². The Balaban J connectivity index is 1.82. The largest absolute Gasteiger partial charge is 0.326 e. The lowest BCUT2D eigenvalue weighted by Crippen LogP contribution is -2.14. The first-order valence-electron chi connectivity index (χ1n) is 7.67. The quantitative estimate of drug-likeness (QED) is 0.911. The van der Waals surface area contributed by atoms with Crippen molar-refractivity contribution in [1.82, 2.24) is 9.78 Å². The summed E-state index contributed by atoms with van der Waals surface area (Å²) in [6.45, 7) is 3.34. The normalized spacial score (nSPS) is 13.7. The second kappa shape index (κ2) is 5.87. The number of amides is 2. The van der Waals surface area contributed by atoms with Crippen LogP contribution in [0, 0.1) is 6.92 Å². The van der Waals surface area contributed by atoms with Crippen LogP contribution in [-0.2, 0) is 11.8 Å². The van der Waals surface area contributed by atoms with Crippen molar-refractivity contribution in [2.75, 3.05) is 10.6 Å². The first-order chi connectivity index (χ1) is 10.9. The van der Waals surface area contributed by atoms with Crippen LogP contribution in [-0.4, -0.2) is 21.6 Å². The van der Waals surface area contributed by atoms with Crippen molar-refractivity contribution in [3.8, 4) is 0 Å². The summed E-state index contributed by atoms with van der Waals surface area (Å²) in [5, 5.41) is 10.1. The molecule has 1 aliphatic rings. The molecule has 120 valence electrons. The highest BCUT2D eigenvalue weighted by Gasteiger charge is 2.29. The second-order valence-corrected chi connectivity index (χ2v) is 6.04. The van der Waals surface area contributed by atoms with E-state index in [-0.39, 0.29) is 11.8 Å². The molecule has 1 aromatic carbocycles. The number of carbonyl (C=O) groups excluding carboxylic acids is 2. The highest BCUT2D eigenvalue weighted by atomic mass is 16.2. The van der Waals surface area contributed by atoms with E-state index in [1.165, 1.54) is 6.92 Å². The lowest BCUT2D eigenvalue weighted by atomic mass is 10.1. The summed E-state index contributed by atoms with van der Waals surface area (Å²) in [5.41, 5.74) is 3.79. The number of anilines is 2. The minimum absolute atomic E-state index is 0.158. The number of rotatable bonds is 4. The average molecular weight is 312 g/mol. The van der Waals surface area contributed by atoms with Crippen LogP contribution in [0.1, 0.15) is 47.3 Å². The van der Waals surface area contributed by atoms with Gasteiger partial charge in [0.15, 0.2) is 0 Å². The van der Waals surface area contributed by atoms with Gasteiger partial charge in [0.25, 0.3) is 5.91 Å². The Bertz CT molecular complexity index is 775. The number of carbonyl (C=O) groups is 2. The van der Waals surface area contributed by atoms with Crippen LogP contribution in [0.3, 0.4) is 0 Å². The van der Waals surface area contributed by atoms with Crippen LogP contribution in [0.4, 0.5) is 11.4 Å². The standard InChI is InChI=1S/C17H20N4O2/c1-10-4-5-13(8-14(10)18-11(2)22)17(23)19-15-9-21(3)20-16(15)12-6-7-12/h4-5,8-9,12H,6-7H2,1-3H3,(H,18,22)(H,19,23). The molecule has 1 heterocycles. The fourth-order valence-electron chi connectivity index (χ4n) is 2.54. The molecule has 23 heavy (non-hydrogen) atoms. The summed E-state index contributed by atoms with van der Waals surface area (Å²) >= 11 is 0. The fraction of sp³-hybridized carbons (Fsp3) is 0.353. The molecule has 0 radical (unpaired) electrons. The van der Waals surface area contributed by atoms with Gasteiger partial charge in [-0.15, -0.1) is 0 Å². The van der Waals surface area contributed by atoms with E-state index in [0.717, 1.165) is 29.8 Å². The average Bonchev–Trinajstić information content (AvgIpc) is 3.25. The van der Waals surface area contributed by atoms with Gasteiger partial charge in [0, 0.05) is 37.3 Å². The molecule has 1 saturated carbocycles. The topological polar surface area (TPSA) is 76.0 Å². The molecule has 2 aromatic rings. The Morgan fingerprint density at radius 2 is 1.96 bits per heavy atom. The van der Waals surface area contributed by atoms with E-state index >= 15 is 0 Å². The number of hydrogen-bond donors (Lipinski definition) is 2. The lowest BCUT2D eigenvalue weighted by molar-refractivity contribution is -0.114. The van der Waals surface area contributed by atoms with E-state index in [1.807, 2.05) is 26.2 Å². The van der Waals surface area contributed by atoms with Gasteiger partial charge in [-0.3, -0.25) is 14.3 Å². The van der Waals surface area contributed by atoms with E-state index < -0.39 is 0 Å². The van der Waals surface area contributed by atoms with E-state index in [4.69, 9.17) is 0 Å². The van der Waals surface area contributed by atoms with E-state index in [0.29, 0.717) is 17.2 Å². The van der Waals surface area contributed by atoms with Crippen molar-refractivity contribution in [2.45, 2.75) is 32.6 Å². The number of benzene rings is 1. The van der Waals surface area contributed by atoms with Gasteiger partial charge in [0.05, 0.1) is 11.4 Å². The van der Waals surface area contributed by atoms with Crippen LogP contribution in [0.5, 0.6) is 0 Å². The zero-order valence-corrected chi connectivity index (χ0v) is 13.5. The third kappa shape index (κ3) is 3.41. The van der Waals surface area contributed by atoms with Crippen LogP contribution in [0.15, 0.2) is 24.4 Å². The van der Waals surface area contributed by atoms with Crippen molar-refractivity contribution in [2.24, 2.45) is 7.05 Å². The molecule has 0 aliphatic heterocycles. The smallest absolute Gasteiger partial charge is 0.255 e. The summed E-state index contributed by atoms with van der Waals surface area (Å²) in [6.07, 6.45) is 4.07. The van der Waals surface area contributed by atoms with E-state index in [9.17, 15) is 9.59 Å². The second-order valence-electron chi connectivity index (χ2n) is 6.04. The van der Waals surface area contributed by atoms with Crippen molar-refractivity contribution >= 4 is 23.2 Å². The molecule has 1 fully saturated rings. The molecule has 2 amide bonds. The highest BCUT2D eigenvalue weighted by molar-refractivity contribution is 6.05. The van der Waals surface area contributed by atoms with Crippen LogP contribution < -0.4 is 10.6 Å². The zero-order valence-electron chi connectivity index (χ0n) is 13.5. The number of nitrogens with zero attached hydrogens (tertiary/aromatic N) is 2. The van der Waals surface area contributed by atoms with Gasteiger partial charge >= 0.3 is 0 Å². The van der Waals surface area contributed by atoms with Gasteiger partial charge in [-0.1, -0.05) is 6.07 Å². The van der Waals surface area contributed by atoms with Gasteiger partial charge in [-0.05, 0) is 37.5 Å². The van der Waals surface area contributed by atoms with E-state index in [2.05, 4.69) is 15.7 Å². The number of nitrogens with one attached hydrogen (secondary N) is 2. The Kier molecular flexibility index (Phi) is 3.90. The molecular formula is C17H20N4O2. The molecule has 0 bridgehead atoms. The summed E-state index contributed by atoms with van der Waals surface area (Å²) in [4.78, 5) is 23.8. The zero-order chi connectivity index (χ0) is 16.6. The molecule has 0 saturated heterocycles. The third-order valence-corrected chi connectivity index (χ3v) is 3.88. The summed E-state index contributed by atoms with van der Waals surface area (Å²) < 4.78 is 1.72. The summed E-state index contributed by atoms with van der Waals surface area (Å²) in [6, 6.07) is 5.27. The monoisotopic (exact) mass is 312 g/mol. The molecule has 6 nitrogen and oxygen atoms in total. The Labute approximate surface area is 134 Å². The van der Waals surface area contributed by atoms with Crippen LogP contribution in [0.2, 0.25) is 0 Å². The molecule has 0 spiro atoms. The lowest BCUT2D eigenvalue weighted by Gasteiger charge is -2.10. The maximum Gasteiger partial charge on any atom is 0.255 e. The van der Waals surface area contributed by atoms with Gasteiger partial charge in [0.2, 0.25) is 5.91 Å². The predicted octanol–water partition coefficient (Wildman–Crippen LogP) is 2.82.